The van der Waals surface area contributed by atoms with E-state index in [1.807, 2.05) is 0 Å². The number of ether oxygens (including phenoxy) is 1. The van der Waals surface area contributed by atoms with Crippen molar-refractivity contribution in [1.29, 1.82) is 0 Å². The van der Waals surface area contributed by atoms with Crippen molar-refractivity contribution < 1.29 is 22.7 Å². The second-order valence-corrected chi connectivity index (χ2v) is 7.15. The Morgan fingerprint density at radius 2 is 2.23 bits per heavy atom. The first kappa shape index (κ1) is 19.0. The highest BCUT2D eigenvalue weighted by Gasteiger charge is 2.36. The molecule has 6 nitrogen and oxygen atoms in total. The van der Waals surface area contributed by atoms with E-state index in [4.69, 9.17) is 4.74 Å². The monoisotopic (exact) mass is 374 g/mol. The summed E-state index contributed by atoms with van der Waals surface area (Å²) in [6.45, 7) is 2.18. The van der Waals surface area contributed by atoms with Crippen LogP contribution in [0.15, 0.2) is 6.20 Å². The Bertz CT molecular complexity index is 626. The van der Waals surface area contributed by atoms with E-state index in [9.17, 15) is 18.0 Å². The average molecular weight is 374 g/mol. The van der Waals surface area contributed by atoms with Gasteiger partial charge in [0.15, 0.2) is 5.69 Å². The number of urea groups is 1. The zero-order valence-corrected chi connectivity index (χ0v) is 14.9. The molecule has 0 saturated carbocycles. The standard InChI is InChI=1S/C17H25F3N4O2/c1-23(16(25)21-8-13-4-2-3-7-26-13)9-12-5-6-15-22-14(17(18,19)20)11-24(15)10-12/h11-13H,2-10H2,1H3,(H,21,25). The van der Waals surface area contributed by atoms with Crippen molar-refractivity contribution >= 4 is 6.03 Å². The zero-order valence-electron chi connectivity index (χ0n) is 14.9. The summed E-state index contributed by atoms with van der Waals surface area (Å²) in [5.41, 5.74) is -0.841. The predicted molar refractivity (Wildman–Crippen MR) is 88.7 cm³/mol. The molecular formula is C17H25F3N4O2. The maximum absolute atomic E-state index is 12.8. The van der Waals surface area contributed by atoms with Gasteiger partial charge in [0.25, 0.3) is 0 Å². The molecule has 2 atom stereocenters. The number of nitrogens with zero attached hydrogens (tertiary/aromatic N) is 3. The van der Waals surface area contributed by atoms with E-state index in [2.05, 4.69) is 10.3 Å². The molecule has 1 aromatic rings. The molecule has 1 saturated heterocycles. The molecular weight excluding hydrogens is 349 g/mol. The number of aromatic nitrogens is 2. The van der Waals surface area contributed by atoms with E-state index in [0.29, 0.717) is 31.9 Å². The highest BCUT2D eigenvalue weighted by Crippen LogP contribution is 2.30. The number of fused-ring (bicyclic) bond motifs is 1. The third-order valence-electron chi connectivity index (χ3n) is 5.01. The number of rotatable bonds is 4. The topological polar surface area (TPSA) is 59.4 Å². The van der Waals surface area contributed by atoms with E-state index in [0.717, 1.165) is 38.5 Å². The summed E-state index contributed by atoms with van der Waals surface area (Å²) in [4.78, 5) is 17.5. The molecule has 1 N–H and O–H groups in total. The summed E-state index contributed by atoms with van der Waals surface area (Å²) in [6.07, 6.45) is 1.08. The molecule has 1 aromatic heterocycles. The minimum atomic E-state index is -4.42. The van der Waals surface area contributed by atoms with Crippen LogP contribution in [0.2, 0.25) is 0 Å². The van der Waals surface area contributed by atoms with Crippen molar-refractivity contribution in [2.24, 2.45) is 5.92 Å². The molecule has 2 aliphatic rings. The second-order valence-electron chi connectivity index (χ2n) is 7.15. The van der Waals surface area contributed by atoms with E-state index >= 15 is 0 Å². The number of amides is 2. The third-order valence-corrected chi connectivity index (χ3v) is 5.01. The van der Waals surface area contributed by atoms with Gasteiger partial charge in [0.1, 0.15) is 5.82 Å². The van der Waals surface area contributed by atoms with Gasteiger partial charge in [-0.25, -0.2) is 9.78 Å². The highest BCUT2D eigenvalue weighted by molar-refractivity contribution is 5.73. The van der Waals surface area contributed by atoms with Gasteiger partial charge in [-0.2, -0.15) is 13.2 Å². The Labute approximate surface area is 150 Å². The first-order valence-corrected chi connectivity index (χ1v) is 9.06. The first-order chi connectivity index (χ1) is 12.3. The molecule has 9 heteroatoms. The lowest BCUT2D eigenvalue weighted by Gasteiger charge is -2.29. The van der Waals surface area contributed by atoms with Crippen LogP contribution in [0, 0.1) is 5.92 Å². The molecule has 0 spiro atoms. The van der Waals surface area contributed by atoms with E-state index in [-0.39, 0.29) is 18.1 Å². The zero-order chi connectivity index (χ0) is 18.7. The Morgan fingerprint density at radius 3 is 2.92 bits per heavy atom. The van der Waals surface area contributed by atoms with Gasteiger partial charge < -0.3 is 19.5 Å². The summed E-state index contributed by atoms with van der Waals surface area (Å²) in [6, 6.07) is -0.174. The largest absolute Gasteiger partial charge is 0.434 e. The van der Waals surface area contributed by atoms with Crippen molar-refractivity contribution in [2.45, 2.75) is 50.9 Å². The van der Waals surface area contributed by atoms with Crippen LogP contribution < -0.4 is 5.32 Å². The van der Waals surface area contributed by atoms with Crippen molar-refractivity contribution in [2.75, 3.05) is 26.7 Å². The summed E-state index contributed by atoms with van der Waals surface area (Å²) in [5, 5.41) is 2.88. The average Bonchev–Trinajstić information content (AvgIpc) is 3.04. The fourth-order valence-electron chi connectivity index (χ4n) is 3.57. The summed E-state index contributed by atoms with van der Waals surface area (Å²) < 4.78 is 45.5. The number of alkyl halides is 3. The molecule has 3 heterocycles. The Kier molecular flexibility index (Phi) is 5.74. The minimum Gasteiger partial charge on any atom is -0.376 e. The van der Waals surface area contributed by atoms with Crippen LogP contribution in [-0.4, -0.2) is 53.3 Å². The molecule has 2 amide bonds. The number of carbonyl (C=O) groups is 1. The van der Waals surface area contributed by atoms with E-state index in [1.165, 1.54) is 0 Å². The molecule has 26 heavy (non-hydrogen) atoms. The van der Waals surface area contributed by atoms with Gasteiger partial charge in [0.05, 0.1) is 6.10 Å². The smallest absolute Gasteiger partial charge is 0.376 e. The van der Waals surface area contributed by atoms with Gasteiger partial charge in [-0.05, 0) is 31.6 Å². The number of halogens is 3. The molecule has 0 aliphatic carbocycles. The van der Waals surface area contributed by atoms with Gasteiger partial charge in [-0.1, -0.05) is 0 Å². The van der Waals surface area contributed by atoms with E-state index < -0.39 is 11.9 Å². The van der Waals surface area contributed by atoms with Crippen LogP contribution in [0.5, 0.6) is 0 Å². The van der Waals surface area contributed by atoms with Crippen molar-refractivity contribution in [3.05, 3.63) is 17.7 Å². The normalized spacial score (nSPS) is 23.4. The SMILES string of the molecule is CN(CC1CCc2nc(C(F)(F)F)cn2C1)C(=O)NCC1CCCCO1. The maximum Gasteiger partial charge on any atom is 0.434 e. The van der Waals surface area contributed by atoms with Crippen molar-refractivity contribution in [3.63, 3.8) is 0 Å². The fourth-order valence-corrected chi connectivity index (χ4v) is 3.57. The molecule has 3 rings (SSSR count). The molecule has 1 fully saturated rings. The second kappa shape index (κ2) is 7.85. The van der Waals surface area contributed by atoms with Gasteiger partial charge in [0, 0.05) is 45.9 Å². The number of hydrogen-bond acceptors (Lipinski definition) is 3. The quantitative estimate of drug-likeness (QED) is 0.882. The summed E-state index contributed by atoms with van der Waals surface area (Å²) in [7, 11) is 1.71. The summed E-state index contributed by atoms with van der Waals surface area (Å²) >= 11 is 0. The first-order valence-electron chi connectivity index (χ1n) is 9.06. The van der Waals surface area contributed by atoms with Crippen molar-refractivity contribution in [1.82, 2.24) is 19.8 Å². The van der Waals surface area contributed by atoms with Crippen LogP contribution in [-0.2, 0) is 23.9 Å². The number of nitrogens with one attached hydrogen (secondary N) is 1. The molecule has 2 unspecified atom stereocenters. The van der Waals surface area contributed by atoms with Crippen LogP contribution in [0.25, 0.3) is 0 Å². The molecule has 146 valence electrons. The van der Waals surface area contributed by atoms with Crippen LogP contribution >= 0.6 is 0 Å². The lowest BCUT2D eigenvalue weighted by Crippen LogP contribution is -2.44. The van der Waals surface area contributed by atoms with Gasteiger partial charge in [-0.15, -0.1) is 0 Å². The summed E-state index contributed by atoms with van der Waals surface area (Å²) in [5.74, 6) is 0.578. The Morgan fingerprint density at radius 1 is 1.42 bits per heavy atom. The third kappa shape index (κ3) is 4.69. The lowest BCUT2D eigenvalue weighted by molar-refractivity contribution is -0.141. The number of aryl methyl sites for hydroxylation is 1. The highest BCUT2D eigenvalue weighted by atomic mass is 19.4. The van der Waals surface area contributed by atoms with Gasteiger partial charge >= 0.3 is 12.2 Å². The minimum absolute atomic E-state index is 0.0741. The Balaban J connectivity index is 1.48. The van der Waals surface area contributed by atoms with Crippen LogP contribution in [0.3, 0.4) is 0 Å². The Hall–Kier alpha value is -1.77. The fraction of sp³-hybridized carbons (Fsp3) is 0.765. The predicted octanol–water partition coefficient (Wildman–Crippen LogP) is 2.67. The number of imidazole rings is 1. The lowest BCUT2D eigenvalue weighted by atomic mass is 9.99. The maximum atomic E-state index is 12.8. The van der Waals surface area contributed by atoms with Gasteiger partial charge in [-0.3, -0.25) is 0 Å². The molecule has 0 aromatic carbocycles. The molecule has 0 radical (unpaired) electrons. The molecule has 0 bridgehead atoms. The van der Waals surface area contributed by atoms with Crippen LogP contribution in [0.1, 0.15) is 37.2 Å². The van der Waals surface area contributed by atoms with Crippen molar-refractivity contribution in [3.8, 4) is 0 Å². The number of carbonyl (C=O) groups excluding carboxylic acids is 1. The van der Waals surface area contributed by atoms with Crippen LogP contribution in [0.4, 0.5) is 18.0 Å². The van der Waals surface area contributed by atoms with Gasteiger partial charge in [0.2, 0.25) is 0 Å². The molecule has 2 aliphatic heterocycles. The van der Waals surface area contributed by atoms with E-state index in [1.54, 1.807) is 16.5 Å². The number of hydrogen-bond donors (Lipinski definition) is 1.